The van der Waals surface area contributed by atoms with Crippen molar-refractivity contribution in [1.82, 2.24) is 9.97 Å². The maximum Gasteiger partial charge on any atom is 0.236 e. The number of hydrogen-bond donors (Lipinski definition) is 3. The van der Waals surface area contributed by atoms with Crippen LogP contribution in [0.15, 0.2) is 51.9 Å². The van der Waals surface area contributed by atoms with Crippen LogP contribution in [-0.2, 0) is 5.75 Å². The number of hydrogen-bond acceptors (Lipinski definition) is 10. The average molecular weight is 562 g/mol. The van der Waals surface area contributed by atoms with Crippen molar-refractivity contribution in [2.75, 3.05) is 26.1 Å². The minimum absolute atomic E-state index is 0.0317. The molecule has 2 heterocycles. The van der Waals surface area contributed by atoms with Crippen LogP contribution in [0.2, 0.25) is 0 Å². The van der Waals surface area contributed by atoms with Gasteiger partial charge < -0.3 is 29.8 Å². The quantitative estimate of drug-likeness (QED) is 0.180. The SMILES string of the molecule is [C-]#[N+]c1c(N)nc(SCc2nc(-c3ccc(OC)cc3F)oc2C)c(C#N)c1-c1ccc(OC[C@@H](O)CO)cc1. The van der Waals surface area contributed by atoms with Crippen LogP contribution in [-0.4, -0.2) is 46.6 Å². The number of nitrogen functional groups attached to an aromatic ring is 1. The van der Waals surface area contributed by atoms with Crippen LogP contribution in [0, 0.1) is 30.6 Å². The summed E-state index contributed by atoms with van der Waals surface area (Å²) in [5.41, 5.74) is 7.92. The van der Waals surface area contributed by atoms with Crippen molar-refractivity contribution in [2.24, 2.45) is 0 Å². The molecular formula is C28H24FN5O5S. The molecule has 0 amide bonds. The zero-order valence-electron chi connectivity index (χ0n) is 21.5. The molecule has 1 atom stereocenters. The zero-order valence-corrected chi connectivity index (χ0v) is 22.3. The lowest BCUT2D eigenvalue weighted by atomic mass is 10.00. The third-order valence-electron chi connectivity index (χ3n) is 5.83. The summed E-state index contributed by atoms with van der Waals surface area (Å²) in [6.45, 7) is 8.82. The average Bonchev–Trinajstić information content (AvgIpc) is 3.34. The van der Waals surface area contributed by atoms with Crippen molar-refractivity contribution in [3.63, 3.8) is 0 Å². The maximum absolute atomic E-state index is 14.6. The second-order valence-corrected chi connectivity index (χ2v) is 9.42. The molecule has 0 aliphatic carbocycles. The lowest BCUT2D eigenvalue weighted by molar-refractivity contribution is 0.0536. The van der Waals surface area contributed by atoms with Crippen LogP contribution >= 0.6 is 11.8 Å². The van der Waals surface area contributed by atoms with Gasteiger partial charge in [-0.15, -0.1) is 0 Å². The van der Waals surface area contributed by atoms with Crippen molar-refractivity contribution in [1.29, 1.82) is 5.26 Å². The van der Waals surface area contributed by atoms with Gasteiger partial charge in [-0.2, -0.15) is 5.26 Å². The Kier molecular flexibility index (Phi) is 8.86. The highest BCUT2D eigenvalue weighted by molar-refractivity contribution is 7.98. The number of nitrogens with zero attached hydrogens (tertiary/aromatic N) is 4. The van der Waals surface area contributed by atoms with Gasteiger partial charge in [-0.1, -0.05) is 23.9 Å². The number of halogens is 1. The Morgan fingerprint density at radius 1 is 1.23 bits per heavy atom. The van der Waals surface area contributed by atoms with Gasteiger partial charge in [-0.3, -0.25) is 0 Å². The topological polar surface area (TPSA) is 152 Å². The predicted molar refractivity (Wildman–Crippen MR) is 146 cm³/mol. The summed E-state index contributed by atoms with van der Waals surface area (Å²) in [7, 11) is 1.45. The number of methoxy groups -OCH3 is 1. The number of aliphatic hydroxyl groups excluding tert-OH is 2. The fourth-order valence-corrected chi connectivity index (χ4v) is 4.74. The lowest BCUT2D eigenvalue weighted by Gasteiger charge is -2.14. The lowest BCUT2D eigenvalue weighted by Crippen LogP contribution is -2.21. The highest BCUT2D eigenvalue weighted by Gasteiger charge is 2.22. The molecule has 2 aromatic heterocycles. The summed E-state index contributed by atoms with van der Waals surface area (Å²) in [5, 5.41) is 28.8. The number of pyridine rings is 1. The molecular weight excluding hydrogens is 537 g/mol. The molecule has 40 heavy (non-hydrogen) atoms. The normalized spacial score (nSPS) is 11.5. The van der Waals surface area contributed by atoms with Crippen LogP contribution in [0.1, 0.15) is 17.0 Å². The van der Waals surface area contributed by atoms with Gasteiger partial charge in [0.05, 0.1) is 37.1 Å². The number of anilines is 1. The summed E-state index contributed by atoms with van der Waals surface area (Å²) in [5.74, 6) is 1.06. The van der Waals surface area contributed by atoms with Crippen molar-refractivity contribution in [2.45, 2.75) is 23.8 Å². The molecule has 0 aliphatic heterocycles. The number of aryl methyl sites for hydroxylation is 1. The Bertz CT molecular complexity index is 1610. The minimum Gasteiger partial charge on any atom is -0.497 e. The van der Waals surface area contributed by atoms with Gasteiger partial charge in [-0.25, -0.2) is 19.2 Å². The zero-order chi connectivity index (χ0) is 28.8. The first kappa shape index (κ1) is 28.4. The Labute approximate surface area is 233 Å². The van der Waals surface area contributed by atoms with Gasteiger partial charge in [0.25, 0.3) is 0 Å². The molecule has 0 unspecified atom stereocenters. The van der Waals surface area contributed by atoms with Gasteiger partial charge in [0.1, 0.15) is 52.7 Å². The van der Waals surface area contributed by atoms with E-state index in [9.17, 15) is 14.8 Å². The number of rotatable bonds is 10. The largest absolute Gasteiger partial charge is 0.497 e. The fraction of sp³-hybridized carbons (Fsp3) is 0.214. The number of nitriles is 1. The van der Waals surface area contributed by atoms with Crippen LogP contribution in [0.5, 0.6) is 11.5 Å². The van der Waals surface area contributed by atoms with Gasteiger partial charge in [-0.05, 0) is 36.8 Å². The van der Waals surface area contributed by atoms with Gasteiger partial charge in [0, 0.05) is 17.4 Å². The van der Waals surface area contributed by atoms with E-state index in [4.69, 9.17) is 31.3 Å². The van der Waals surface area contributed by atoms with E-state index in [0.717, 1.165) is 0 Å². The second kappa shape index (κ2) is 12.5. The number of ether oxygens (including phenoxy) is 2. The van der Waals surface area contributed by atoms with E-state index in [-0.39, 0.29) is 40.9 Å². The van der Waals surface area contributed by atoms with Crippen LogP contribution < -0.4 is 15.2 Å². The van der Waals surface area contributed by atoms with Gasteiger partial charge in [0.15, 0.2) is 0 Å². The van der Waals surface area contributed by atoms with E-state index in [1.165, 1.54) is 31.0 Å². The third-order valence-corrected chi connectivity index (χ3v) is 6.82. The molecule has 0 spiro atoms. The first-order chi connectivity index (χ1) is 19.3. The van der Waals surface area contributed by atoms with E-state index >= 15 is 0 Å². The number of oxazole rings is 1. The molecule has 4 rings (SSSR count). The number of aliphatic hydroxyl groups is 2. The standard InChI is InChI=1S/C28H24FN5O5S/c1-15-23(33-27(39-15)20-9-8-19(37-3)10-22(20)29)14-40-28-21(11-30)24(25(32-2)26(31)34-28)16-4-6-18(7-5-16)38-13-17(36)12-35/h4-10,17,35-36H,12-14H2,1,3H3,(H2,31,34)/t17-/m0/s1. The Morgan fingerprint density at radius 3 is 2.58 bits per heavy atom. The number of nitrogens with two attached hydrogens (primary N) is 1. The van der Waals surface area contributed by atoms with E-state index in [1.807, 2.05) is 0 Å². The molecule has 204 valence electrons. The molecule has 0 aliphatic rings. The highest BCUT2D eigenvalue weighted by atomic mass is 32.2. The molecule has 4 aromatic rings. The monoisotopic (exact) mass is 561 g/mol. The summed E-state index contributed by atoms with van der Waals surface area (Å²) >= 11 is 1.19. The second-order valence-electron chi connectivity index (χ2n) is 8.45. The van der Waals surface area contributed by atoms with E-state index < -0.39 is 18.5 Å². The van der Waals surface area contributed by atoms with Gasteiger partial charge in [0.2, 0.25) is 11.6 Å². The van der Waals surface area contributed by atoms with Crippen molar-refractivity contribution in [3.05, 3.63) is 76.7 Å². The Morgan fingerprint density at radius 2 is 1.95 bits per heavy atom. The fourth-order valence-electron chi connectivity index (χ4n) is 3.75. The third kappa shape index (κ3) is 6.00. The van der Waals surface area contributed by atoms with Crippen molar-refractivity contribution >= 4 is 23.3 Å². The van der Waals surface area contributed by atoms with Crippen LogP contribution in [0.3, 0.4) is 0 Å². The first-order valence-corrected chi connectivity index (χ1v) is 12.8. The van der Waals surface area contributed by atoms with Crippen LogP contribution in [0.4, 0.5) is 15.9 Å². The van der Waals surface area contributed by atoms with Crippen LogP contribution in [0.25, 0.3) is 27.4 Å². The van der Waals surface area contributed by atoms with Crippen molar-refractivity contribution in [3.8, 4) is 40.1 Å². The molecule has 2 aromatic carbocycles. The predicted octanol–water partition coefficient (Wildman–Crippen LogP) is 4.89. The number of thioether (sulfide) groups is 1. The molecule has 0 saturated heterocycles. The molecule has 10 nitrogen and oxygen atoms in total. The van der Waals surface area contributed by atoms with E-state index in [1.54, 1.807) is 37.3 Å². The molecule has 0 saturated carbocycles. The van der Waals surface area contributed by atoms with E-state index in [2.05, 4.69) is 20.9 Å². The summed E-state index contributed by atoms with van der Waals surface area (Å²) in [6.07, 6.45) is -1.02. The first-order valence-electron chi connectivity index (χ1n) is 11.9. The maximum atomic E-state index is 14.6. The van der Waals surface area contributed by atoms with Crippen molar-refractivity contribution < 1.29 is 28.5 Å². The summed E-state index contributed by atoms with van der Waals surface area (Å²) in [6, 6.07) is 13.1. The smallest absolute Gasteiger partial charge is 0.236 e. The summed E-state index contributed by atoms with van der Waals surface area (Å²) < 4.78 is 30.7. The minimum atomic E-state index is -1.02. The molecule has 0 bridgehead atoms. The number of benzene rings is 2. The molecule has 12 heteroatoms. The van der Waals surface area contributed by atoms with Gasteiger partial charge >= 0.3 is 0 Å². The Hall–Kier alpha value is -4.62. The highest BCUT2D eigenvalue weighted by Crippen LogP contribution is 2.42. The Balaban J connectivity index is 1.63. The van der Waals surface area contributed by atoms with E-state index in [0.29, 0.717) is 39.1 Å². The molecule has 0 fully saturated rings. The molecule has 0 radical (unpaired) electrons. The molecule has 4 N–H and O–H groups in total. The summed E-state index contributed by atoms with van der Waals surface area (Å²) in [4.78, 5) is 12.3. The number of aromatic nitrogens is 2.